The summed E-state index contributed by atoms with van der Waals surface area (Å²) < 4.78 is 6.37. The summed E-state index contributed by atoms with van der Waals surface area (Å²) in [5.74, 6) is 0.255. The van der Waals surface area contributed by atoms with Crippen molar-refractivity contribution in [2.24, 2.45) is 0 Å². The van der Waals surface area contributed by atoms with Gasteiger partial charge in [0, 0.05) is 26.3 Å². The maximum atomic E-state index is 11.1. The Morgan fingerprint density at radius 3 is 3.11 bits per heavy atom. The van der Waals surface area contributed by atoms with Gasteiger partial charge in [-0.25, -0.2) is 0 Å². The van der Waals surface area contributed by atoms with Gasteiger partial charge in [-0.15, -0.1) is 0 Å². The first-order chi connectivity index (χ1) is 8.74. The van der Waals surface area contributed by atoms with E-state index in [0.717, 1.165) is 6.42 Å². The molecule has 0 atom stereocenters. The number of nitrogens with zero attached hydrogens (tertiary/aromatic N) is 3. The average Bonchev–Trinajstić information content (AvgIpc) is 2.73. The lowest BCUT2D eigenvalue weighted by atomic mass is 10.4. The van der Waals surface area contributed by atoms with Crippen LogP contribution < -0.4 is 5.32 Å². The average molecular weight is 250 g/mol. The first kappa shape index (κ1) is 12.3. The first-order valence-corrected chi connectivity index (χ1v) is 5.58. The molecule has 0 aromatic carbocycles. The Labute approximate surface area is 104 Å². The summed E-state index contributed by atoms with van der Waals surface area (Å²) in [4.78, 5) is 14.8. The van der Waals surface area contributed by atoms with Crippen molar-refractivity contribution in [3.05, 3.63) is 34.5 Å². The van der Waals surface area contributed by atoms with Crippen LogP contribution in [0.15, 0.2) is 24.4 Å². The molecule has 2 heterocycles. The minimum Gasteiger partial charge on any atom is -0.385 e. The van der Waals surface area contributed by atoms with Crippen molar-refractivity contribution in [3.63, 3.8) is 0 Å². The molecule has 0 amide bonds. The van der Waals surface area contributed by atoms with Gasteiger partial charge in [-0.3, -0.25) is 0 Å². The van der Waals surface area contributed by atoms with E-state index in [-0.39, 0.29) is 5.82 Å². The van der Waals surface area contributed by atoms with Crippen LogP contribution in [0.3, 0.4) is 0 Å². The largest absolute Gasteiger partial charge is 0.385 e. The molecule has 1 N–H and O–H groups in total. The lowest BCUT2D eigenvalue weighted by molar-refractivity contribution is -0.389. The zero-order valence-corrected chi connectivity index (χ0v) is 10.00. The number of nitrogens with one attached hydrogen (secondary N) is 1. The highest BCUT2D eigenvalue weighted by atomic mass is 16.6. The Kier molecular flexibility index (Phi) is 3.73. The molecule has 0 radical (unpaired) electrons. The number of hydrogen-bond donors (Lipinski definition) is 1. The zero-order chi connectivity index (χ0) is 13.0. The monoisotopic (exact) mass is 250 g/mol. The zero-order valence-electron chi connectivity index (χ0n) is 10.00. The molecular weight excluding hydrogens is 236 g/mol. The fourth-order valence-electron chi connectivity index (χ4n) is 1.70. The van der Waals surface area contributed by atoms with Crippen molar-refractivity contribution >= 4 is 17.3 Å². The van der Waals surface area contributed by atoms with Crippen molar-refractivity contribution in [2.45, 2.75) is 6.42 Å². The van der Waals surface area contributed by atoms with Crippen LogP contribution in [0.25, 0.3) is 5.65 Å². The van der Waals surface area contributed by atoms with E-state index < -0.39 is 4.92 Å². The van der Waals surface area contributed by atoms with E-state index in [1.165, 1.54) is 4.40 Å². The van der Waals surface area contributed by atoms with E-state index in [1.807, 2.05) is 0 Å². The van der Waals surface area contributed by atoms with Gasteiger partial charge in [0.2, 0.25) is 11.5 Å². The van der Waals surface area contributed by atoms with E-state index in [2.05, 4.69) is 10.3 Å². The summed E-state index contributed by atoms with van der Waals surface area (Å²) in [6.45, 7) is 1.19. The molecule has 96 valence electrons. The van der Waals surface area contributed by atoms with Crippen molar-refractivity contribution in [1.29, 1.82) is 0 Å². The lowest BCUT2D eigenvalue weighted by Crippen LogP contribution is -2.06. The SMILES string of the molecule is COCCCNc1nc2ccccn2c1[N+](=O)[O-]. The molecule has 0 saturated heterocycles. The number of hydrogen-bond acceptors (Lipinski definition) is 5. The van der Waals surface area contributed by atoms with Crippen LogP contribution in [-0.2, 0) is 4.74 Å². The van der Waals surface area contributed by atoms with Crippen molar-refractivity contribution in [2.75, 3.05) is 25.6 Å². The molecule has 0 bridgehead atoms. The molecule has 0 fully saturated rings. The minimum atomic E-state index is -0.432. The Balaban J connectivity index is 2.25. The molecule has 7 heteroatoms. The second-order valence-electron chi connectivity index (χ2n) is 3.74. The molecule has 0 spiro atoms. The molecule has 18 heavy (non-hydrogen) atoms. The van der Waals surface area contributed by atoms with E-state index >= 15 is 0 Å². The van der Waals surface area contributed by atoms with Crippen LogP contribution in [0.5, 0.6) is 0 Å². The number of methoxy groups -OCH3 is 1. The summed E-state index contributed by atoms with van der Waals surface area (Å²) in [6, 6.07) is 5.25. The number of anilines is 1. The Bertz CT molecular complexity index is 552. The van der Waals surface area contributed by atoms with Crippen molar-refractivity contribution in [3.8, 4) is 0 Å². The third-order valence-corrected chi connectivity index (χ3v) is 2.50. The van der Waals surface area contributed by atoms with E-state index in [1.54, 1.807) is 31.5 Å². The summed E-state index contributed by atoms with van der Waals surface area (Å²) in [5.41, 5.74) is 0.554. The van der Waals surface area contributed by atoms with Crippen LogP contribution in [0.2, 0.25) is 0 Å². The molecule has 2 rings (SSSR count). The predicted molar refractivity (Wildman–Crippen MR) is 66.8 cm³/mol. The highest BCUT2D eigenvalue weighted by Gasteiger charge is 2.21. The van der Waals surface area contributed by atoms with E-state index in [9.17, 15) is 10.1 Å². The van der Waals surface area contributed by atoms with Gasteiger partial charge in [0.15, 0.2) is 0 Å². The first-order valence-electron chi connectivity index (χ1n) is 5.58. The van der Waals surface area contributed by atoms with Crippen LogP contribution in [-0.4, -0.2) is 34.6 Å². The summed E-state index contributed by atoms with van der Waals surface area (Å²) in [5, 5.41) is 14.0. The number of imidazole rings is 1. The smallest absolute Gasteiger partial charge is 0.372 e. The lowest BCUT2D eigenvalue weighted by Gasteiger charge is -2.02. The quantitative estimate of drug-likeness (QED) is 0.479. The standard InChI is InChI=1S/C11H14N4O3/c1-18-8-4-6-12-10-11(15(16)17)14-7-3-2-5-9(14)13-10/h2-3,5,7,12H,4,6,8H2,1H3. The van der Waals surface area contributed by atoms with Crippen molar-refractivity contribution in [1.82, 2.24) is 9.38 Å². The van der Waals surface area contributed by atoms with Gasteiger partial charge in [0.05, 0.1) is 6.20 Å². The van der Waals surface area contributed by atoms with Gasteiger partial charge in [-0.1, -0.05) is 6.07 Å². The number of pyridine rings is 1. The van der Waals surface area contributed by atoms with Gasteiger partial charge in [-0.05, 0) is 17.4 Å². The Morgan fingerprint density at radius 2 is 2.39 bits per heavy atom. The van der Waals surface area contributed by atoms with Crippen LogP contribution in [0.1, 0.15) is 6.42 Å². The normalized spacial score (nSPS) is 10.7. The number of ether oxygens (including phenoxy) is 1. The summed E-state index contributed by atoms with van der Waals surface area (Å²) >= 11 is 0. The van der Waals surface area contributed by atoms with Crippen LogP contribution >= 0.6 is 0 Å². The second kappa shape index (κ2) is 5.46. The van der Waals surface area contributed by atoms with Gasteiger partial charge < -0.3 is 20.2 Å². The molecule has 0 unspecified atom stereocenters. The van der Waals surface area contributed by atoms with Gasteiger partial charge in [-0.2, -0.15) is 9.38 Å². The second-order valence-corrected chi connectivity index (χ2v) is 3.74. The number of rotatable bonds is 6. The number of aromatic nitrogens is 2. The fourth-order valence-corrected chi connectivity index (χ4v) is 1.70. The summed E-state index contributed by atoms with van der Waals surface area (Å²) in [7, 11) is 1.62. The molecule has 0 aliphatic rings. The highest BCUT2D eigenvalue weighted by Crippen LogP contribution is 2.24. The summed E-state index contributed by atoms with van der Waals surface area (Å²) in [6.07, 6.45) is 2.39. The van der Waals surface area contributed by atoms with Gasteiger partial charge >= 0.3 is 5.82 Å². The van der Waals surface area contributed by atoms with Crippen LogP contribution in [0.4, 0.5) is 11.6 Å². The van der Waals surface area contributed by atoms with Crippen LogP contribution in [0, 0.1) is 10.1 Å². The molecule has 0 saturated carbocycles. The maximum absolute atomic E-state index is 11.1. The Hall–Kier alpha value is -2.15. The molecule has 2 aromatic rings. The third kappa shape index (κ3) is 2.40. The number of nitro groups is 1. The molecular formula is C11H14N4O3. The molecule has 7 nitrogen and oxygen atoms in total. The van der Waals surface area contributed by atoms with E-state index in [4.69, 9.17) is 4.74 Å². The minimum absolute atomic E-state index is 0.0389. The predicted octanol–water partition coefficient (Wildman–Crippen LogP) is 1.69. The molecule has 0 aliphatic heterocycles. The third-order valence-electron chi connectivity index (χ3n) is 2.50. The molecule has 2 aromatic heterocycles. The maximum Gasteiger partial charge on any atom is 0.372 e. The fraction of sp³-hybridized carbons (Fsp3) is 0.364. The molecule has 0 aliphatic carbocycles. The van der Waals surface area contributed by atoms with Gasteiger partial charge in [0.25, 0.3) is 0 Å². The van der Waals surface area contributed by atoms with Crippen molar-refractivity contribution < 1.29 is 9.66 Å². The topological polar surface area (TPSA) is 81.7 Å². The highest BCUT2D eigenvalue weighted by molar-refractivity contribution is 5.62. The van der Waals surface area contributed by atoms with E-state index in [0.29, 0.717) is 24.6 Å². The van der Waals surface area contributed by atoms with Gasteiger partial charge in [0.1, 0.15) is 0 Å². The Morgan fingerprint density at radius 1 is 1.56 bits per heavy atom. The number of fused-ring (bicyclic) bond motifs is 1.